The Kier molecular flexibility index (Phi) is 21.0. The van der Waals surface area contributed by atoms with E-state index >= 15 is 0 Å². The Labute approximate surface area is 368 Å². The Hall–Kier alpha value is -1.47. The number of hydrogen-bond acceptors (Lipinski definition) is 18. The van der Waals surface area contributed by atoms with Gasteiger partial charge in [-0.25, -0.2) is 0 Å². The molecule has 67 heavy (non-hydrogen) atoms. The standard InChI is InChI=1S/3C4F9O6S3.Sc/c3*5-2(6,7)20(14,15)1(21(16,17)3(8,9)10)22(18,19)4(11,12)13;/q3*-1;+3. The fourth-order valence-corrected chi connectivity index (χ4v) is 19.4. The van der Waals surface area contributed by atoms with Gasteiger partial charge >= 0.3 is 75.4 Å². The zero-order valence-corrected chi connectivity index (χ0v) is 37.0. The van der Waals surface area contributed by atoms with Gasteiger partial charge in [0.15, 0.2) is 88.5 Å². The molecular formula is C12F27O18S9Sc. The van der Waals surface area contributed by atoms with E-state index in [-0.39, 0.29) is 25.8 Å². The van der Waals surface area contributed by atoms with E-state index in [4.69, 9.17) is 0 Å². The Bertz CT molecular complexity index is 2210. The summed E-state index contributed by atoms with van der Waals surface area (Å²) in [4.78, 5) is 0. The van der Waals surface area contributed by atoms with Crippen molar-refractivity contribution >= 4 is 88.5 Å². The quantitative estimate of drug-likeness (QED) is 0.235. The van der Waals surface area contributed by atoms with Crippen molar-refractivity contribution in [2.45, 2.75) is 49.6 Å². The van der Waals surface area contributed by atoms with E-state index in [2.05, 4.69) is 0 Å². The van der Waals surface area contributed by atoms with Crippen LogP contribution in [0.2, 0.25) is 0 Å². The maximum absolute atomic E-state index is 12.0. The SMILES string of the molecule is O=S(=O)([C-](S(=O)(=O)C(F)(F)F)S(=O)(=O)C(F)(F)F)C(F)(F)F.O=S(=O)([C-](S(=O)(=O)C(F)(F)F)S(=O)(=O)C(F)(F)F)C(F)(F)F.O=S(=O)([C-](S(=O)(=O)C(F)(F)F)S(=O)(=O)C(F)(F)F)C(F)(F)F.[Sc+3]. The predicted octanol–water partition coefficient (Wildman–Crippen LogP) is 3.71. The minimum atomic E-state index is -8.02. The molecule has 0 N–H and O–H groups in total. The van der Waals surface area contributed by atoms with E-state index in [1.165, 1.54) is 0 Å². The fourth-order valence-electron chi connectivity index (χ4n) is 2.15. The van der Waals surface area contributed by atoms with Gasteiger partial charge < -0.3 is 0 Å². The topological polar surface area (TPSA) is 307 Å². The summed E-state index contributed by atoms with van der Waals surface area (Å²) >= 11 is 0. The number of rotatable bonds is 9. The number of halogens is 27. The summed E-state index contributed by atoms with van der Waals surface area (Å²) in [7, 11) is -72.2. The van der Waals surface area contributed by atoms with Gasteiger partial charge in [-0.2, -0.15) is 119 Å². The molecule has 0 rings (SSSR count). The number of sulfone groups is 9. The first-order chi connectivity index (χ1) is 27.3. The molecule has 0 fully saturated rings. The molecule has 402 valence electrons. The van der Waals surface area contributed by atoms with Gasteiger partial charge in [0.2, 0.25) is 0 Å². The van der Waals surface area contributed by atoms with E-state index in [1.807, 2.05) is 0 Å². The van der Waals surface area contributed by atoms with Gasteiger partial charge in [-0.1, -0.05) is 0 Å². The van der Waals surface area contributed by atoms with Gasteiger partial charge in [-0.3, -0.25) is 75.8 Å². The third-order valence-electron chi connectivity index (χ3n) is 4.72. The summed E-state index contributed by atoms with van der Waals surface area (Å²) in [5, 5.41) is 0. The van der Waals surface area contributed by atoms with Gasteiger partial charge in [0, 0.05) is 0 Å². The first-order valence-corrected chi connectivity index (χ1v) is 25.1. The van der Waals surface area contributed by atoms with Crippen molar-refractivity contribution in [1.29, 1.82) is 0 Å². The monoisotopic (exact) mass is 1280 g/mol. The Balaban J connectivity index is -0.000000441. The van der Waals surface area contributed by atoms with E-state index in [0.29, 0.717) is 0 Å². The van der Waals surface area contributed by atoms with Crippen LogP contribution in [0, 0.1) is 11.7 Å². The van der Waals surface area contributed by atoms with Crippen molar-refractivity contribution < 1.29 is 220 Å². The van der Waals surface area contributed by atoms with E-state index < -0.39 is 150 Å². The van der Waals surface area contributed by atoms with E-state index in [0.717, 1.165) is 0 Å². The van der Waals surface area contributed by atoms with Gasteiger partial charge in [-0.05, 0) is 0 Å². The van der Waals surface area contributed by atoms with Crippen molar-refractivity contribution in [2.75, 3.05) is 0 Å². The van der Waals surface area contributed by atoms with Crippen LogP contribution in [0.25, 0.3) is 0 Å². The van der Waals surface area contributed by atoms with Crippen molar-refractivity contribution in [3.63, 3.8) is 0 Å². The maximum Gasteiger partial charge on any atom is 3.00 e. The van der Waals surface area contributed by atoms with Crippen LogP contribution in [0.15, 0.2) is 0 Å². The average molecular weight is 1280 g/mol. The molecule has 0 aliphatic carbocycles. The van der Waals surface area contributed by atoms with Crippen LogP contribution in [0.4, 0.5) is 119 Å². The van der Waals surface area contributed by atoms with E-state index in [9.17, 15) is 194 Å². The Morgan fingerprint density at radius 2 is 0.209 bits per heavy atom. The summed E-state index contributed by atoms with van der Waals surface area (Å²) < 4.78 is 502. The summed E-state index contributed by atoms with van der Waals surface area (Å²) in [6.45, 7) is 0. The molecule has 0 aliphatic heterocycles. The third-order valence-corrected chi connectivity index (χ3v) is 26.0. The fraction of sp³-hybridized carbons (Fsp3) is 0.750. The summed E-state index contributed by atoms with van der Waals surface area (Å²) in [6, 6.07) is 0. The molecule has 18 nitrogen and oxygen atoms in total. The van der Waals surface area contributed by atoms with Gasteiger partial charge in [0.1, 0.15) is 0 Å². The molecule has 0 amide bonds. The summed E-state index contributed by atoms with van der Waals surface area (Å²) in [6.07, 6.45) is 0. The molecule has 0 heterocycles. The largest absolute Gasteiger partial charge is 3.00 e. The van der Waals surface area contributed by atoms with Crippen LogP contribution in [-0.2, 0) is 114 Å². The third kappa shape index (κ3) is 14.2. The first-order valence-electron chi connectivity index (χ1n) is 11.8. The molecule has 0 aromatic rings. The van der Waals surface area contributed by atoms with Crippen molar-refractivity contribution in [3.8, 4) is 0 Å². The number of alkyl halides is 27. The molecule has 0 aliphatic rings. The maximum atomic E-state index is 12.0. The van der Waals surface area contributed by atoms with Crippen molar-refractivity contribution in [1.82, 2.24) is 0 Å². The average Bonchev–Trinajstić information content (AvgIpc) is 2.91. The van der Waals surface area contributed by atoms with Crippen LogP contribution in [0.1, 0.15) is 0 Å². The normalized spacial score (nSPS) is 15.9. The van der Waals surface area contributed by atoms with Gasteiger partial charge in [0.05, 0.1) is 11.7 Å². The molecule has 0 saturated heterocycles. The van der Waals surface area contributed by atoms with Crippen LogP contribution in [0.5, 0.6) is 0 Å². The second-order valence-corrected chi connectivity index (χ2v) is 28.5. The molecular weight excluding hydrogens is 1280 g/mol. The second kappa shape index (κ2) is 19.5. The van der Waals surface area contributed by atoms with E-state index in [1.54, 1.807) is 0 Å². The summed E-state index contributed by atoms with van der Waals surface area (Å²) in [5.74, 6) is 0. The molecule has 0 unspecified atom stereocenters. The molecule has 0 aromatic heterocycles. The van der Waals surface area contributed by atoms with Crippen LogP contribution >= 0.6 is 0 Å². The molecule has 0 spiro atoms. The molecule has 0 saturated carbocycles. The minimum absolute atomic E-state index is 0. The Morgan fingerprint density at radius 1 is 0.164 bits per heavy atom. The molecule has 0 bridgehead atoms. The Morgan fingerprint density at radius 3 is 0.239 bits per heavy atom. The summed E-state index contributed by atoms with van der Waals surface area (Å²) in [5.41, 5.74) is -63.5. The second-order valence-electron chi connectivity index (χ2n) is 9.29. The van der Waals surface area contributed by atoms with Crippen LogP contribution in [-0.4, -0.2) is 125 Å². The molecule has 0 aromatic carbocycles. The zero-order valence-electron chi connectivity index (χ0n) is 27.8. The smallest absolute Gasteiger partial charge is 0.251 e. The van der Waals surface area contributed by atoms with Gasteiger partial charge in [-0.15, -0.1) is 0 Å². The zero-order chi connectivity index (χ0) is 55.7. The van der Waals surface area contributed by atoms with Gasteiger partial charge in [0.25, 0.3) is 0 Å². The van der Waals surface area contributed by atoms with Crippen molar-refractivity contribution in [2.24, 2.45) is 0 Å². The minimum Gasteiger partial charge on any atom is -0.251 e. The van der Waals surface area contributed by atoms with Crippen molar-refractivity contribution in [3.05, 3.63) is 11.7 Å². The first kappa shape index (κ1) is 72.1. The molecule has 0 radical (unpaired) electrons. The van der Waals surface area contributed by atoms with Crippen LogP contribution in [0.3, 0.4) is 0 Å². The number of hydrogen-bond donors (Lipinski definition) is 0. The molecule has 55 heteroatoms. The molecule has 0 atom stereocenters. The van der Waals surface area contributed by atoms with Crippen LogP contribution < -0.4 is 0 Å². The predicted molar refractivity (Wildman–Crippen MR) is 145 cm³/mol.